The summed E-state index contributed by atoms with van der Waals surface area (Å²) in [6.45, 7) is 1.02. The molecule has 1 saturated heterocycles. The minimum atomic E-state index is 0.0535. The molecule has 3 nitrogen and oxygen atoms in total. The van der Waals surface area contributed by atoms with Gasteiger partial charge >= 0.3 is 0 Å². The fraction of sp³-hybridized carbons (Fsp3) is 0.615. The third-order valence-electron chi connectivity index (χ3n) is 4.14. The maximum absolute atomic E-state index is 12.2. The van der Waals surface area contributed by atoms with Crippen molar-refractivity contribution in [2.45, 2.75) is 43.7 Å². The van der Waals surface area contributed by atoms with E-state index in [0.717, 1.165) is 32.5 Å². The fourth-order valence-corrected chi connectivity index (χ4v) is 4.92. The number of rotatable bonds is 2. The lowest BCUT2D eigenvalue weighted by molar-refractivity contribution is 0.0856. The Kier molecular flexibility index (Phi) is 4.04. The Morgan fingerprint density at radius 1 is 1.47 bits per heavy atom. The van der Waals surface area contributed by atoms with E-state index in [1.54, 1.807) is 0 Å². The van der Waals surface area contributed by atoms with E-state index in [0.29, 0.717) is 11.6 Å². The van der Waals surface area contributed by atoms with Crippen molar-refractivity contribution in [2.24, 2.45) is 0 Å². The SMILES string of the molecule is O=C(NC1CCNC2(CCC2)C1)c1cc(Br)c(Br)s1. The van der Waals surface area contributed by atoms with Crippen LogP contribution in [0.4, 0.5) is 0 Å². The third-order valence-corrected chi connectivity index (χ3v) is 7.40. The molecule has 1 aliphatic heterocycles. The predicted octanol–water partition coefficient (Wildman–Crippen LogP) is 3.68. The molecule has 1 saturated carbocycles. The zero-order chi connectivity index (χ0) is 13.5. The fourth-order valence-electron chi connectivity index (χ4n) is 2.98. The van der Waals surface area contributed by atoms with E-state index in [-0.39, 0.29) is 5.91 Å². The van der Waals surface area contributed by atoms with Gasteiger partial charge in [0.05, 0.1) is 8.66 Å². The standard InChI is InChI=1S/C13H16Br2N2OS/c14-9-6-10(19-11(9)15)12(18)17-8-2-5-16-13(7-8)3-1-4-13/h6,8,16H,1-5,7H2,(H,17,18). The van der Waals surface area contributed by atoms with Crippen LogP contribution in [0.5, 0.6) is 0 Å². The highest BCUT2D eigenvalue weighted by molar-refractivity contribution is 9.13. The number of hydrogen-bond acceptors (Lipinski definition) is 3. The number of nitrogens with one attached hydrogen (secondary N) is 2. The van der Waals surface area contributed by atoms with Crippen molar-refractivity contribution < 1.29 is 4.79 Å². The summed E-state index contributed by atoms with van der Waals surface area (Å²) in [5.74, 6) is 0.0535. The molecule has 0 bridgehead atoms. The number of halogens is 2. The number of piperidine rings is 1. The topological polar surface area (TPSA) is 41.1 Å². The largest absolute Gasteiger partial charge is 0.348 e. The van der Waals surface area contributed by atoms with Crippen LogP contribution in [0.25, 0.3) is 0 Å². The van der Waals surface area contributed by atoms with Crippen LogP contribution in [0, 0.1) is 0 Å². The van der Waals surface area contributed by atoms with E-state index < -0.39 is 0 Å². The van der Waals surface area contributed by atoms with Gasteiger partial charge in [-0.25, -0.2) is 0 Å². The highest BCUT2D eigenvalue weighted by atomic mass is 79.9. The van der Waals surface area contributed by atoms with Crippen LogP contribution in [-0.4, -0.2) is 24.0 Å². The number of carbonyl (C=O) groups excluding carboxylic acids is 1. The lowest BCUT2D eigenvalue weighted by Gasteiger charge is -2.48. The first-order valence-electron chi connectivity index (χ1n) is 6.59. The molecule has 0 radical (unpaired) electrons. The number of carbonyl (C=O) groups is 1. The maximum atomic E-state index is 12.2. The summed E-state index contributed by atoms with van der Waals surface area (Å²) in [6, 6.07) is 2.19. The van der Waals surface area contributed by atoms with Crippen molar-refractivity contribution in [1.82, 2.24) is 10.6 Å². The first kappa shape index (κ1) is 14.0. The Morgan fingerprint density at radius 3 is 2.84 bits per heavy atom. The van der Waals surface area contributed by atoms with Gasteiger partial charge in [-0.3, -0.25) is 4.79 Å². The van der Waals surface area contributed by atoms with Crippen molar-refractivity contribution in [3.05, 3.63) is 19.2 Å². The molecule has 1 aliphatic carbocycles. The van der Waals surface area contributed by atoms with Crippen molar-refractivity contribution in [3.63, 3.8) is 0 Å². The summed E-state index contributed by atoms with van der Waals surface area (Å²) in [7, 11) is 0. The molecule has 1 atom stereocenters. The van der Waals surface area contributed by atoms with Gasteiger partial charge in [-0.15, -0.1) is 11.3 Å². The molecule has 2 fully saturated rings. The zero-order valence-electron chi connectivity index (χ0n) is 10.5. The summed E-state index contributed by atoms with van der Waals surface area (Å²) < 4.78 is 1.92. The molecule has 3 rings (SSSR count). The second-order valence-corrected chi connectivity index (χ2v) is 8.68. The molecule has 2 N–H and O–H groups in total. The van der Waals surface area contributed by atoms with Gasteiger partial charge in [-0.1, -0.05) is 0 Å². The number of hydrogen-bond donors (Lipinski definition) is 2. The highest BCUT2D eigenvalue weighted by Gasteiger charge is 2.41. The second-order valence-electron chi connectivity index (χ2n) is 5.46. The molecule has 6 heteroatoms. The Labute approximate surface area is 133 Å². The minimum Gasteiger partial charge on any atom is -0.348 e. The van der Waals surface area contributed by atoms with Gasteiger partial charge in [-0.2, -0.15) is 0 Å². The van der Waals surface area contributed by atoms with Gasteiger partial charge in [0.15, 0.2) is 0 Å². The van der Waals surface area contributed by atoms with Gasteiger partial charge < -0.3 is 10.6 Å². The van der Waals surface area contributed by atoms with Crippen LogP contribution >= 0.6 is 43.2 Å². The van der Waals surface area contributed by atoms with E-state index in [2.05, 4.69) is 42.5 Å². The second kappa shape index (κ2) is 5.47. The van der Waals surface area contributed by atoms with Crippen LogP contribution in [-0.2, 0) is 0 Å². The highest BCUT2D eigenvalue weighted by Crippen LogP contribution is 2.38. The van der Waals surface area contributed by atoms with Crippen LogP contribution in [0.2, 0.25) is 0 Å². The van der Waals surface area contributed by atoms with Crippen LogP contribution in [0.1, 0.15) is 41.8 Å². The van der Waals surface area contributed by atoms with Crippen molar-refractivity contribution >= 4 is 49.1 Å². The quantitative estimate of drug-likeness (QED) is 0.784. The molecular weight excluding hydrogens is 392 g/mol. The Bertz CT molecular complexity index is 479. The van der Waals surface area contributed by atoms with Crippen LogP contribution in [0.15, 0.2) is 14.3 Å². The Morgan fingerprint density at radius 2 is 2.26 bits per heavy atom. The molecule has 2 heterocycles. The zero-order valence-corrected chi connectivity index (χ0v) is 14.5. The summed E-state index contributed by atoms with van der Waals surface area (Å²) >= 11 is 8.32. The average Bonchev–Trinajstić information content (AvgIpc) is 2.68. The van der Waals surface area contributed by atoms with Crippen LogP contribution in [0.3, 0.4) is 0 Å². The summed E-state index contributed by atoms with van der Waals surface area (Å²) in [4.78, 5) is 13.0. The monoisotopic (exact) mass is 406 g/mol. The van der Waals surface area contributed by atoms with Crippen molar-refractivity contribution in [1.29, 1.82) is 0 Å². The summed E-state index contributed by atoms with van der Waals surface area (Å²) in [6.07, 6.45) is 5.94. The minimum absolute atomic E-state index is 0.0535. The lowest BCUT2D eigenvalue weighted by Crippen LogP contribution is -2.59. The van der Waals surface area contributed by atoms with Crippen molar-refractivity contribution in [3.8, 4) is 0 Å². The van der Waals surface area contributed by atoms with Gasteiger partial charge in [0.1, 0.15) is 0 Å². The molecule has 19 heavy (non-hydrogen) atoms. The lowest BCUT2D eigenvalue weighted by atomic mass is 9.70. The van der Waals surface area contributed by atoms with Gasteiger partial charge in [0, 0.05) is 16.1 Å². The molecule has 0 aromatic carbocycles. The predicted molar refractivity (Wildman–Crippen MR) is 84.8 cm³/mol. The first-order valence-corrected chi connectivity index (χ1v) is 8.99. The third kappa shape index (κ3) is 2.91. The molecule has 2 aliphatic rings. The molecule has 1 amide bonds. The van der Waals surface area contributed by atoms with E-state index in [1.165, 1.54) is 30.6 Å². The van der Waals surface area contributed by atoms with Gasteiger partial charge in [0.25, 0.3) is 5.91 Å². The summed E-state index contributed by atoms with van der Waals surface area (Å²) in [5.41, 5.74) is 0.326. The van der Waals surface area contributed by atoms with E-state index in [9.17, 15) is 4.79 Å². The van der Waals surface area contributed by atoms with Gasteiger partial charge in [0.2, 0.25) is 0 Å². The van der Waals surface area contributed by atoms with Crippen LogP contribution < -0.4 is 10.6 Å². The number of thiophene rings is 1. The molecular formula is C13H16Br2N2OS. The normalized spacial score (nSPS) is 25.1. The van der Waals surface area contributed by atoms with E-state index >= 15 is 0 Å². The van der Waals surface area contributed by atoms with E-state index in [1.807, 2.05) is 6.07 Å². The molecule has 1 spiro atoms. The van der Waals surface area contributed by atoms with Gasteiger partial charge in [-0.05, 0) is 76.6 Å². The van der Waals surface area contributed by atoms with E-state index in [4.69, 9.17) is 0 Å². The maximum Gasteiger partial charge on any atom is 0.261 e. The molecule has 1 unspecified atom stereocenters. The number of amides is 1. The smallest absolute Gasteiger partial charge is 0.261 e. The molecule has 1 aromatic rings. The van der Waals surface area contributed by atoms with Crippen molar-refractivity contribution in [2.75, 3.05) is 6.54 Å². The summed E-state index contributed by atoms with van der Waals surface area (Å²) in [5, 5.41) is 6.81. The Balaban J connectivity index is 1.63. The molecule has 1 aromatic heterocycles. The Hall–Kier alpha value is 0.0900. The average molecular weight is 408 g/mol. The molecule has 104 valence electrons. The first-order chi connectivity index (χ1) is 9.08.